The molecule has 1 fully saturated rings. The summed E-state index contributed by atoms with van der Waals surface area (Å²) in [6, 6.07) is 10.1. The van der Waals surface area contributed by atoms with E-state index < -0.39 is 0 Å². The van der Waals surface area contributed by atoms with Gasteiger partial charge in [-0.05, 0) is 32.3 Å². The number of likely N-dealkylation sites (tertiary alicyclic amines) is 1. The van der Waals surface area contributed by atoms with Gasteiger partial charge < -0.3 is 9.88 Å². The molecule has 1 aliphatic heterocycles. The van der Waals surface area contributed by atoms with Crippen LogP contribution >= 0.6 is 11.8 Å². The van der Waals surface area contributed by atoms with Crippen molar-refractivity contribution >= 4 is 17.7 Å². The molecule has 0 aliphatic carbocycles. The van der Waals surface area contributed by atoms with Crippen LogP contribution in [-0.4, -0.2) is 33.9 Å². The molecular weight excluding hydrogens is 334 g/mol. The van der Waals surface area contributed by atoms with Gasteiger partial charge in [-0.1, -0.05) is 42.1 Å². The second-order valence-electron chi connectivity index (χ2n) is 6.37. The molecule has 0 saturated carbocycles. The van der Waals surface area contributed by atoms with Crippen LogP contribution in [0.25, 0.3) is 0 Å². The Morgan fingerprint density at radius 1 is 1.28 bits per heavy atom. The molecule has 3 rings (SSSR count). The Hall–Kier alpha value is -2.08. The van der Waals surface area contributed by atoms with Crippen LogP contribution in [0, 0.1) is 6.92 Å². The van der Waals surface area contributed by atoms with Gasteiger partial charge in [0.1, 0.15) is 0 Å². The van der Waals surface area contributed by atoms with Gasteiger partial charge in [-0.25, -0.2) is 4.98 Å². The molecule has 132 valence electrons. The summed E-state index contributed by atoms with van der Waals surface area (Å²) in [6.45, 7) is 5.48. The van der Waals surface area contributed by atoms with Gasteiger partial charge in [0.25, 0.3) is 5.56 Å². The monoisotopic (exact) mass is 357 g/mol. The Morgan fingerprint density at radius 2 is 1.96 bits per heavy atom. The zero-order valence-corrected chi connectivity index (χ0v) is 15.4. The van der Waals surface area contributed by atoms with Crippen molar-refractivity contribution in [3.63, 3.8) is 0 Å². The molecular formula is C19H23N3O2S. The number of nitrogens with zero attached hydrogens (tertiary/aromatic N) is 2. The number of aryl methyl sites for hydroxylation is 1. The Balaban J connectivity index is 1.73. The van der Waals surface area contributed by atoms with E-state index in [0.29, 0.717) is 16.4 Å². The molecule has 0 spiro atoms. The maximum Gasteiger partial charge on any atom is 0.255 e. The molecule has 1 aromatic carbocycles. The highest BCUT2D eigenvalue weighted by atomic mass is 32.2. The summed E-state index contributed by atoms with van der Waals surface area (Å²) in [6.07, 6.45) is 2.23. The van der Waals surface area contributed by atoms with E-state index in [4.69, 9.17) is 0 Å². The smallest absolute Gasteiger partial charge is 0.255 e. The SMILES string of the molecule is Cc1nc(SC(C)c2ccccc2)[nH]c(=O)c1CC(=O)N1CCCC1. The van der Waals surface area contributed by atoms with Gasteiger partial charge in [0.05, 0.1) is 6.42 Å². The molecule has 1 aromatic heterocycles. The summed E-state index contributed by atoms with van der Waals surface area (Å²) >= 11 is 1.52. The number of aromatic amines is 1. The number of amides is 1. The predicted molar refractivity (Wildman–Crippen MR) is 99.8 cm³/mol. The first kappa shape index (κ1) is 17.7. The fourth-order valence-electron chi connectivity index (χ4n) is 3.04. The van der Waals surface area contributed by atoms with E-state index in [1.807, 2.05) is 23.1 Å². The van der Waals surface area contributed by atoms with Gasteiger partial charge in [0.15, 0.2) is 5.16 Å². The summed E-state index contributed by atoms with van der Waals surface area (Å²) < 4.78 is 0. The van der Waals surface area contributed by atoms with Crippen LogP contribution in [0.4, 0.5) is 0 Å². The molecule has 1 unspecified atom stereocenters. The zero-order chi connectivity index (χ0) is 17.8. The maximum atomic E-state index is 12.4. The Labute approximate surface area is 151 Å². The number of rotatable bonds is 5. The Morgan fingerprint density at radius 3 is 2.60 bits per heavy atom. The molecule has 5 nitrogen and oxygen atoms in total. The van der Waals surface area contributed by atoms with Crippen molar-refractivity contribution in [2.24, 2.45) is 0 Å². The number of hydrogen-bond acceptors (Lipinski definition) is 4. The van der Waals surface area contributed by atoms with Crippen molar-refractivity contribution in [2.75, 3.05) is 13.1 Å². The van der Waals surface area contributed by atoms with E-state index in [0.717, 1.165) is 25.9 Å². The fourth-order valence-corrected chi connectivity index (χ4v) is 4.01. The number of benzene rings is 1. The molecule has 1 N–H and O–H groups in total. The van der Waals surface area contributed by atoms with Crippen LogP contribution in [0.1, 0.15) is 41.8 Å². The number of carbonyl (C=O) groups is 1. The number of carbonyl (C=O) groups excluding carboxylic acids is 1. The third-order valence-electron chi connectivity index (χ3n) is 4.54. The van der Waals surface area contributed by atoms with Crippen molar-refractivity contribution in [1.29, 1.82) is 0 Å². The van der Waals surface area contributed by atoms with Crippen LogP contribution in [-0.2, 0) is 11.2 Å². The minimum absolute atomic E-state index is 0.0194. The molecule has 0 bridgehead atoms. The van der Waals surface area contributed by atoms with Crippen molar-refractivity contribution < 1.29 is 4.79 Å². The lowest BCUT2D eigenvalue weighted by Gasteiger charge is -2.16. The first-order valence-electron chi connectivity index (χ1n) is 8.64. The van der Waals surface area contributed by atoms with E-state index in [-0.39, 0.29) is 23.1 Å². The third kappa shape index (κ3) is 4.31. The van der Waals surface area contributed by atoms with Gasteiger partial charge in [-0.3, -0.25) is 9.59 Å². The van der Waals surface area contributed by atoms with E-state index in [9.17, 15) is 9.59 Å². The average Bonchev–Trinajstić information content (AvgIpc) is 3.13. The maximum absolute atomic E-state index is 12.4. The average molecular weight is 357 g/mol. The van der Waals surface area contributed by atoms with E-state index >= 15 is 0 Å². The minimum atomic E-state index is -0.206. The lowest BCUT2D eigenvalue weighted by atomic mass is 10.1. The zero-order valence-electron chi connectivity index (χ0n) is 14.6. The van der Waals surface area contributed by atoms with Crippen molar-refractivity contribution in [2.45, 2.75) is 43.5 Å². The summed E-state index contributed by atoms with van der Waals surface area (Å²) in [4.78, 5) is 33.9. The normalized spacial score (nSPS) is 15.4. The first-order chi connectivity index (χ1) is 12.0. The fraction of sp³-hybridized carbons (Fsp3) is 0.421. The highest BCUT2D eigenvalue weighted by Crippen LogP contribution is 2.32. The first-order valence-corrected chi connectivity index (χ1v) is 9.51. The minimum Gasteiger partial charge on any atom is -0.342 e. The van der Waals surface area contributed by atoms with E-state index in [1.54, 1.807) is 6.92 Å². The number of H-pyrrole nitrogens is 1. The molecule has 0 radical (unpaired) electrons. The lowest BCUT2D eigenvalue weighted by Crippen LogP contribution is -2.32. The van der Waals surface area contributed by atoms with Crippen molar-refractivity contribution in [3.05, 3.63) is 57.5 Å². The third-order valence-corrected chi connectivity index (χ3v) is 5.59. The molecule has 6 heteroatoms. The summed E-state index contributed by atoms with van der Waals surface area (Å²) in [5.41, 5.74) is 2.09. The molecule has 2 aromatic rings. The van der Waals surface area contributed by atoms with Crippen LogP contribution < -0.4 is 5.56 Å². The van der Waals surface area contributed by atoms with Crippen molar-refractivity contribution in [3.8, 4) is 0 Å². The van der Waals surface area contributed by atoms with Gasteiger partial charge >= 0.3 is 0 Å². The van der Waals surface area contributed by atoms with Crippen LogP contribution in [0.3, 0.4) is 0 Å². The van der Waals surface area contributed by atoms with E-state index in [1.165, 1.54) is 17.3 Å². The summed E-state index contributed by atoms with van der Waals surface area (Å²) in [5, 5.41) is 0.775. The Kier molecular flexibility index (Phi) is 5.58. The topological polar surface area (TPSA) is 66.1 Å². The summed E-state index contributed by atoms with van der Waals surface area (Å²) in [7, 11) is 0. The van der Waals surface area contributed by atoms with E-state index in [2.05, 4.69) is 29.0 Å². The Bertz CT molecular complexity index is 798. The molecule has 1 amide bonds. The number of thioether (sulfide) groups is 1. The van der Waals surface area contributed by atoms with Crippen LogP contribution in [0.15, 0.2) is 40.3 Å². The predicted octanol–water partition coefficient (Wildman–Crippen LogP) is 3.10. The number of hydrogen-bond donors (Lipinski definition) is 1. The molecule has 1 atom stereocenters. The lowest BCUT2D eigenvalue weighted by molar-refractivity contribution is -0.129. The van der Waals surface area contributed by atoms with Gasteiger partial charge in [0, 0.05) is 29.6 Å². The second-order valence-corrected chi connectivity index (χ2v) is 7.70. The molecule has 2 heterocycles. The number of nitrogens with one attached hydrogen (secondary N) is 1. The van der Waals surface area contributed by atoms with Gasteiger partial charge in [-0.15, -0.1) is 0 Å². The standard InChI is InChI=1S/C19H23N3O2S/c1-13-16(12-17(23)22-10-6-7-11-22)18(24)21-19(20-13)25-14(2)15-8-4-3-5-9-15/h3-5,8-9,14H,6-7,10-12H2,1-2H3,(H,20,21,24). The highest BCUT2D eigenvalue weighted by molar-refractivity contribution is 7.99. The summed E-state index contributed by atoms with van der Waals surface area (Å²) in [5.74, 6) is 0.0194. The van der Waals surface area contributed by atoms with Crippen LogP contribution in [0.5, 0.6) is 0 Å². The van der Waals surface area contributed by atoms with Gasteiger partial charge in [-0.2, -0.15) is 0 Å². The second kappa shape index (κ2) is 7.87. The quantitative estimate of drug-likeness (QED) is 0.660. The van der Waals surface area contributed by atoms with Crippen LogP contribution in [0.2, 0.25) is 0 Å². The number of aromatic nitrogens is 2. The van der Waals surface area contributed by atoms with Crippen molar-refractivity contribution in [1.82, 2.24) is 14.9 Å². The van der Waals surface area contributed by atoms with Gasteiger partial charge in [0.2, 0.25) is 5.91 Å². The molecule has 1 saturated heterocycles. The molecule has 25 heavy (non-hydrogen) atoms. The largest absolute Gasteiger partial charge is 0.342 e. The molecule has 1 aliphatic rings. The highest BCUT2D eigenvalue weighted by Gasteiger charge is 2.21.